The van der Waals surface area contributed by atoms with Crippen molar-refractivity contribution in [2.24, 2.45) is 0 Å². The van der Waals surface area contributed by atoms with E-state index in [9.17, 15) is 4.79 Å². The molecule has 2 aromatic carbocycles. The van der Waals surface area contributed by atoms with Gasteiger partial charge in [-0.25, -0.2) is 4.98 Å². The van der Waals surface area contributed by atoms with Gasteiger partial charge in [-0.15, -0.1) is 12.4 Å². The quantitative estimate of drug-likeness (QED) is 0.530. The molecule has 2 N–H and O–H groups in total. The molecule has 7 heteroatoms. The molecule has 1 aliphatic carbocycles. The van der Waals surface area contributed by atoms with Gasteiger partial charge in [-0.05, 0) is 62.4 Å². The smallest absolute Gasteiger partial charge is 0.258 e. The lowest BCUT2D eigenvalue weighted by Gasteiger charge is -2.30. The highest BCUT2D eigenvalue weighted by molar-refractivity contribution is 5.85. The summed E-state index contributed by atoms with van der Waals surface area (Å²) in [5.74, 6) is 2.17. The fraction of sp³-hybridized carbons (Fsp3) is 0.360. The first-order valence-electron chi connectivity index (χ1n) is 10.8. The lowest BCUT2D eigenvalue weighted by Crippen LogP contribution is -2.42. The number of carbonyl (C=O) groups is 1. The molecule has 6 nitrogen and oxygen atoms in total. The number of benzene rings is 2. The molecular formula is C25H30ClN3O3. The minimum absolute atomic E-state index is 0. The molecular weight excluding hydrogens is 426 g/mol. The lowest BCUT2D eigenvalue weighted by atomic mass is 9.91. The van der Waals surface area contributed by atoms with Crippen molar-refractivity contribution >= 4 is 35.0 Å². The summed E-state index contributed by atoms with van der Waals surface area (Å²) in [5, 5.41) is 7.87. The largest absolute Gasteiger partial charge is 0.497 e. The van der Waals surface area contributed by atoms with Gasteiger partial charge in [-0.1, -0.05) is 24.3 Å². The van der Waals surface area contributed by atoms with E-state index in [0.717, 1.165) is 37.0 Å². The fourth-order valence-corrected chi connectivity index (χ4v) is 4.12. The number of amides is 1. The van der Waals surface area contributed by atoms with E-state index < -0.39 is 0 Å². The van der Waals surface area contributed by atoms with Crippen molar-refractivity contribution in [2.45, 2.75) is 44.7 Å². The Morgan fingerprint density at radius 3 is 2.50 bits per heavy atom. The van der Waals surface area contributed by atoms with Crippen LogP contribution < -0.4 is 20.1 Å². The van der Waals surface area contributed by atoms with Gasteiger partial charge in [-0.2, -0.15) is 0 Å². The topological polar surface area (TPSA) is 72.5 Å². The van der Waals surface area contributed by atoms with Gasteiger partial charge in [0.25, 0.3) is 5.91 Å². The van der Waals surface area contributed by atoms with Gasteiger partial charge < -0.3 is 20.1 Å². The monoisotopic (exact) mass is 455 g/mol. The van der Waals surface area contributed by atoms with Crippen molar-refractivity contribution in [1.82, 2.24) is 10.3 Å². The van der Waals surface area contributed by atoms with Crippen LogP contribution in [0.2, 0.25) is 0 Å². The highest BCUT2D eigenvalue weighted by Gasteiger charge is 2.23. The average Bonchev–Trinajstić information content (AvgIpc) is 2.79. The number of aromatic nitrogens is 1. The SMILES string of the molecule is COc1cccc(OCC(=O)NC2CCC(Nc3cc(C)c4ccccc4n3)CC2)c1.Cl. The van der Waals surface area contributed by atoms with E-state index in [1.165, 1.54) is 10.9 Å². The summed E-state index contributed by atoms with van der Waals surface area (Å²) in [7, 11) is 1.61. The summed E-state index contributed by atoms with van der Waals surface area (Å²) >= 11 is 0. The average molecular weight is 456 g/mol. The molecule has 1 heterocycles. The summed E-state index contributed by atoms with van der Waals surface area (Å²) in [4.78, 5) is 17.0. The number of methoxy groups -OCH3 is 1. The molecule has 1 aromatic heterocycles. The van der Waals surface area contributed by atoms with Crippen LogP contribution in [0, 0.1) is 6.92 Å². The minimum Gasteiger partial charge on any atom is -0.497 e. The maximum atomic E-state index is 12.3. The first-order valence-corrected chi connectivity index (χ1v) is 10.8. The van der Waals surface area contributed by atoms with E-state index in [-0.39, 0.29) is 31.0 Å². The minimum atomic E-state index is -0.0916. The van der Waals surface area contributed by atoms with Gasteiger partial charge in [0.2, 0.25) is 0 Å². The van der Waals surface area contributed by atoms with Crippen LogP contribution in [0.4, 0.5) is 5.82 Å². The van der Waals surface area contributed by atoms with Crippen molar-refractivity contribution in [1.29, 1.82) is 0 Å². The summed E-state index contributed by atoms with van der Waals surface area (Å²) in [6.45, 7) is 2.13. The third kappa shape index (κ3) is 6.04. The van der Waals surface area contributed by atoms with Gasteiger partial charge in [0.1, 0.15) is 17.3 Å². The van der Waals surface area contributed by atoms with Crippen LogP contribution in [0.25, 0.3) is 10.9 Å². The number of nitrogens with zero attached hydrogens (tertiary/aromatic N) is 1. The Labute approximate surface area is 195 Å². The molecule has 0 unspecified atom stereocenters. The lowest BCUT2D eigenvalue weighted by molar-refractivity contribution is -0.124. The summed E-state index contributed by atoms with van der Waals surface area (Å²) < 4.78 is 10.8. The first-order chi connectivity index (χ1) is 15.1. The van der Waals surface area contributed by atoms with Crippen LogP contribution in [-0.2, 0) is 4.79 Å². The third-order valence-electron chi connectivity index (χ3n) is 5.78. The van der Waals surface area contributed by atoms with Gasteiger partial charge >= 0.3 is 0 Å². The van der Waals surface area contributed by atoms with Crippen molar-refractivity contribution in [3.8, 4) is 11.5 Å². The molecule has 1 aliphatic rings. The van der Waals surface area contributed by atoms with E-state index in [0.29, 0.717) is 17.5 Å². The number of hydrogen-bond acceptors (Lipinski definition) is 5. The van der Waals surface area contributed by atoms with Crippen LogP contribution >= 0.6 is 12.4 Å². The number of fused-ring (bicyclic) bond motifs is 1. The number of ether oxygens (including phenoxy) is 2. The van der Waals surface area contributed by atoms with Crippen molar-refractivity contribution in [3.05, 3.63) is 60.2 Å². The summed E-state index contributed by atoms with van der Waals surface area (Å²) in [6, 6.07) is 18.2. The zero-order valence-corrected chi connectivity index (χ0v) is 19.3. The second kappa shape index (κ2) is 11.0. The Hall–Kier alpha value is -2.99. The summed E-state index contributed by atoms with van der Waals surface area (Å²) in [6.07, 6.45) is 3.87. The van der Waals surface area contributed by atoms with Crippen molar-refractivity contribution in [3.63, 3.8) is 0 Å². The second-order valence-corrected chi connectivity index (χ2v) is 8.07. The third-order valence-corrected chi connectivity index (χ3v) is 5.78. The molecule has 1 fully saturated rings. The number of para-hydroxylation sites is 1. The Bertz CT molecular complexity index is 1050. The normalized spacial score (nSPS) is 17.8. The predicted molar refractivity (Wildman–Crippen MR) is 130 cm³/mol. The maximum absolute atomic E-state index is 12.3. The van der Waals surface area contributed by atoms with Gasteiger partial charge in [0.15, 0.2) is 6.61 Å². The number of carbonyl (C=O) groups excluding carboxylic acids is 1. The molecule has 1 amide bonds. The van der Waals surface area contributed by atoms with Crippen LogP contribution in [0.1, 0.15) is 31.2 Å². The molecule has 0 radical (unpaired) electrons. The maximum Gasteiger partial charge on any atom is 0.258 e. The molecule has 0 spiro atoms. The molecule has 3 aromatic rings. The van der Waals surface area contributed by atoms with Crippen molar-refractivity contribution in [2.75, 3.05) is 19.0 Å². The molecule has 0 aliphatic heterocycles. The van der Waals surface area contributed by atoms with Crippen LogP contribution in [0.5, 0.6) is 11.5 Å². The van der Waals surface area contributed by atoms with Crippen LogP contribution in [-0.4, -0.2) is 36.7 Å². The van der Waals surface area contributed by atoms with Crippen LogP contribution in [0.15, 0.2) is 54.6 Å². The standard InChI is InChI=1S/C25H29N3O3.ClH/c1-17-14-24(28-23-9-4-3-8-22(17)23)26-18-10-12-19(13-11-18)27-25(29)16-31-21-7-5-6-20(15-21)30-2;/h3-9,14-15,18-19H,10-13,16H2,1-2H3,(H,26,28)(H,27,29);1H. The second-order valence-electron chi connectivity index (χ2n) is 8.07. The number of aryl methyl sites for hydroxylation is 1. The van der Waals surface area contributed by atoms with E-state index in [1.807, 2.05) is 36.4 Å². The van der Waals surface area contributed by atoms with Crippen molar-refractivity contribution < 1.29 is 14.3 Å². The highest BCUT2D eigenvalue weighted by Crippen LogP contribution is 2.25. The van der Waals surface area contributed by atoms with E-state index in [4.69, 9.17) is 14.5 Å². The fourth-order valence-electron chi connectivity index (χ4n) is 4.12. The zero-order chi connectivity index (χ0) is 21.6. The Morgan fingerprint density at radius 2 is 1.72 bits per heavy atom. The first kappa shape index (κ1) is 23.7. The van der Waals surface area contributed by atoms with Gasteiger partial charge in [0, 0.05) is 23.5 Å². The predicted octanol–water partition coefficient (Wildman–Crippen LogP) is 4.89. The zero-order valence-electron chi connectivity index (χ0n) is 18.5. The van der Waals surface area contributed by atoms with E-state index in [1.54, 1.807) is 13.2 Å². The molecule has 0 atom stereocenters. The van der Waals surface area contributed by atoms with Gasteiger partial charge in [-0.3, -0.25) is 4.79 Å². The van der Waals surface area contributed by atoms with E-state index >= 15 is 0 Å². The number of rotatable bonds is 7. The Morgan fingerprint density at radius 1 is 1.00 bits per heavy atom. The highest BCUT2D eigenvalue weighted by atomic mass is 35.5. The number of pyridine rings is 1. The molecule has 0 bridgehead atoms. The number of anilines is 1. The number of halogens is 1. The van der Waals surface area contributed by atoms with E-state index in [2.05, 4.69) is 29.7 Å². The molecule has 4 rings (SSSR count). The number of nitrogens with one attached hydrogen (secondary N) is 2. The molecule has 0 saturated heterocycles. The van der Waals surface area contributed by atoms with Crippen LogP contribution in [0.3, 0.4) is 0 Å². The molecule has 170 valence electrons. The molecule has 32 heavy (non-hydrogen) atoms. The van der Waals surface area contributed by atoms with Gasteiger partial charge in [0.05, 0.1) is 12.6 Å². The summed E-state index contributed by atoms with van der Waals surface area (Å²) in [5.41, 5.74) is 2.24. The Balaban J connectivity index is 0.00000289. The Kier molecular flexibility index (Phi) is 8.17. The number of hydrogen-bond donors (Lipinski definition) is 2. The molecule has 1 saturated carbocycles.